The van der Waals surface area contributed by atoms with Crippen molar-refractivity contribution in [2.45, 2.75) is 31.2 Å². The van der Waals surface area contributed by atoms with E-state index < -0.39 is 16.1 Å². The van der Waals surface area contributed by atoms with Crippen LogP contribution in [0.2, 0.25) is 0 Å². The Morgan fingerprint density at radius 2 is 2.00 bits per heavy atom. The number of sulfonamides is 1. The quantitative estimate of drug-likeness (QED) is 0.855. The van der Waals surface area contributed by atoms with Crippen LogP contribution in [0.4, 0.5) is 0 Å². The van der Waals surface area contributed by atoms with Crippen molar-refractivity contribution >= 4 is 15.9 Å². The molecule has 0 aliphatic rings. The highest BCUT2D eigenvalue weighted by Gasteiger charge is 2.27. The van der Waals surface area contributed by atoms with E-state index in [1.54, 1.807) is 14.1 Å². The summed E-state index contributed by atoms with van der Waals surface area (Å²) >= 11 is 0. The summed E-state index contributed by atoms with van der Waals surface area (Å²) in [4.78, 5) is 13.5. The van der Waals surface area contributed by atoms with Gasteiger partial charge in [-0.15, -0.1) is 0 Å². The molecule has 6 nitrogen and oxygen atoms in total. The van der Waals surface area contributed by atoms with Gasteiger partial charge in [-0.3, -0.25) is 4.79 Å². The summed E-state index contributed by atoms with van der Waals surface area (Å²) in [6, 6.07) is 6.78. The molecule has 1 N–H and O–H groups in total. The van der Waals surface area contributed by atoms with Crippen molar-refractivity contribution in [3.63, 3.8) is 0 Å². The minimum atomic E-state index is -3.86. The molecule has 1 aromatic carbocycles. The van der Waals surface area contributed by atoms with E-state index in [4.69, 9.17) is 5.26 Å². The van der Waals surface area contributed by atoms with Gasteiger partial charge in [0.15, 0.2) is 0 Å². The van der Waals surface area contributed by atoms with E-state index in [0.717, 1.165) is 0 Å². The lowest BCUT2D eigenvalue weighted by Crippen LogP contribution is -2.46. The molecule has 0 unspecified atom stereocenters. The van der Waals surface area contributed by atoms with Gasteiger partial charge < -0.3 is 4.90 Å². The molecule has 0 radical (unpaired) electrons. The Morgan fingerprint density at radius 1 is 1.36 bits per heavy atom. The smallest absolute Gasteiger partial charge is 0.241 e. The summed E-state index contributed by atoms with van der Waals surface area (Å²) in [6.45, 7) is 3.83. The van der Waals surface area contributed by atoms with E-state index in [-0.39, 0.29) is 22.3 Å². The molecule has 22 heavy (non-hydrogen) atoms. The van der Waals surface area contributed by atoms with Gasteiger partial charge in [-0.25, -0.2) is 8.42 Å². The number of carbonyl (C=O) groups excluding carboxylic acids is 1. The second kappa shape index (κ2) is 7.38. The van der Waals surface area contributed by atoms with Gasteiger partial charge in [-0.1, -0.05) is 19.9 Å². The molecule has 1 aromatic rings. The van der Waals surface area contributed by atoms with Crippen molar-refractivity contribution in [3.05, 3.63) is 29.8 Å². The predicted molar refractivity (Wildman–Crippen MR) is 83.4 cm³/mol. The molecule has 0 heterocycles. The van der Waals surface area contributed by atoms with Crippen LogP contribution in [0.3, 0.4) is 0 Å². The topological polar surface area (TPSA) is 90.3 Å². The maximum absolute atomic E-state index is 12.4. The Labute approximate surface area is 131 Å². The number of benzene rings is 1. The zero-order chi connectivity index (χ0) is 16.9. The Balaban J connectivity index is 3.09. The van der Waals surface area contributed by atoms with Gasteiger partial charge >= 0.3 is 0 Å². The number of amides is 1. The van der Waals surface area contributed by atoms with Gasteiger partial charge in [0, 0.05) is 14.1 Å². The van der Waals surface area contributed by atoms with Gasteiger partial charge in [0.25, 0.3) is 0 Å². The lowest BCUT2D eigenvalue weighted by molar-refractivity contribution is -0.130. The summed E-state index contributed by atoms with van der Waals surface area (Å²) in [5.74, 6) is -0.143. The lowest BCUT2D eigenvalue weighted by Gasteiger charge is -2.23. The van der Waals surface area contributed by atoms with Crippen LogP contribution in [0, 0.1) is 17.2 Å². The Hall–Kier alpha value is -1.91. The lowest BCUT2D eigenvalue weighted by atomic mass is 10.0. The van der Waals surface area contributed by atoms with Crippen LogP contribution in [0.25, 0.3) is 0 Å². The molecule has 0 spiro atoms. The average Bonchev–Trinajstić information content (AvgIpc) is 2.45. The first-order valence-corrected chi connectivity index (χ1v) is 8.39. The molecule has 0 aromatic heterocycles. The second-order valence-electron chi connectivity index (χ2n) is 5.68. The molecule has 0 saturated carbocycles. The van der Waals surface area contributed by atoms with E-state index in [9.17, 15) is 13.2 Å². The van der Waals surface area contributed by atoms with Crippen LogP contribution in [0.1, 0.15) is 25.8 Å². The second-order valence-corrected chi connectivity index (χ2v) is 7.39. The maximum atomic E-state index is 12.4. The van der Waals surface area contributed by atoms with Crippen LogP contribution in [-0.4, -0.2) is 39.4 Å². The molecule has 0 fully saturated rings. The number of hydrogen-bond donors (Lipinski definition) is 1. The zero-order valence-corrected chi connectivity index (χ0v) is 14.0. The number of carbonyl (C=O) groups is 1. The zero-order valence-electron chi connectivity index (χ0n) is 13.2. The van der Waals surface area contributed by atoms with Crippen LogP contribution < -0.4 is 4.72 Å². The molecule has 1 atom stereocenters. The maximum Gasteiger partial charge on any atom is 0.241 e. The minimum absolute atomic E-state index is 0.0214. The summed E-state index contributed by atoms with van der Waals surface area (Å²) in [5, 5.41) is 8.86. The van der Waals surface area contributed by atoms with E-state index in [1.165, 1.54) is 29.2 Å². The molecule has 0 aliphatic carbocycles. The monoisotopic (exact) mass is 323 g/mol. The first-order valence-electron chi connectivity index (χ1n) is 6.91. The van der Waals surface area contributed by atoms with Gasteiger partial charge in [-0.2, -0.15) is 9.98 Å². The van der Waals surface area contributed by atoms with Crippen molar-refractivity contribution < 1.29 is 13.2 Å². The summed E-state index contributed by atoms with van der Waals surface area (Å²) < 4.78 is 27.3. The molecule has 1 rings (SSSR count). The van der Waals surface area contributed by atoms with Gasteiger partial charge in [0.05, 0.1) is 16.5 Å². The fraction of sp³-hybridized carbons (Fsp3) is 0.467. The third-order valence-electron chi connectivity index (χ3n) is 3.02. The third kappa shape index (κ3) is 4.83. The van der Waals surface area contributed by atoms with E-state index in [0.29, 0.717) is 6.42 Å². The molecule has 120 valence electrons. The third-order valence-corrected chi connectivity index (χ3v) is 4.49. The first kappa shape index (κ1) is 18.1. The number of nitriles is 1. The van der Waals surface area contributed by atoms with Gasteiger partial charge in [0.1, 0.15) is 6.04 Å². The molecule has 0 bridgehead atoms. The number of nitrogens with zero attached hydrogens (tertiary/aromatic N) is 2. The van der Waals surface area contributed by atoms with Crippen molar-refractivity contribution in [2.24, 2.45) is 5.92 Å². The Kier molecular flexibility index (Phi) is 6.09. The summed E-state index contributed by atoms with van der Waals surface area (Å²) in [7, 11) is -0.698. The molecule has 1 amide bonds. The van der Waals surface area contributed by atoms with E-state index in [1.807, 2.05) is 19.9 Å². The average molecular weight is 323 g/mol. The highest BCUT2D eigenvalue weighted by atomic mass is 32.2. The van der Waals surface area contributed by atoms with E-state index in [2.05, 4.69) is 4.72 Å². The number of rotatable bonds is 6. The number of hydrogen-bond acceptors (Lipinski definition) is 4. The SMILES string of the molecule is CC(C)C[C@H](NS(=O)(=O)c1cccc(C#N)c1)C(=O)N(C)C. The van der Waals surface area contributed by atoms with Gasteiger partial charge in [0.2, 0.25) is 15.9 Å². The van der Waals surface area contributed by atoms with Crippen LogP contribution in [0.15, 0.2) is 29.2 Å². The summed E-state index contributed by atoms with van der Waals surface area (Å²) in [5.41, 5.74) is 0.252. The fourth-order valence-corrected chi connectivity index (χ4v) is 3.22. The first-order chi connectivity index (χ1) is 10.2. The van der Waals surface area contributed by atoms with Crippen LogP contribution in [-0.2, 0) is 14.8 Å². The molecular formula is C15H21N3O3S. The molecular weight excluding hydrogens is 302 g/mol. The van der Waals surface area contributed by atoms with Crippen LogP contribution >= 0.6 is 0 Å². The van der Waals surface area contributed by atoms with E-state index >= 15 is 0 Å². The normalized spacial score (nSPS) is 12.7. The van der Waals surface area contributed by atoms with Crippen molar-refractivity contribution in [3.8, 4) is 6.07 Å². The highest BCUT2D eigenvalue weighted by Crippen LogP contribution is 2.14. The molecule has 0 aliphatic heterocycles. The molecule has 7 heteroatoms. The largest absolute Gasteiger partial charge is 0.347 e. The minimum Gasteiger partial charge on any atom is -0.347 e. The molecule has 0 saturated heterocycles. The van der Waals surface area contributed by atoms with Crippen molar-refractivity contribution in [1.82, 2.24) is 9.62 Å². The van der Waals surface area contributed by atoms with Crippen molar-refractivity contribution in [1.29, 1.82) is 5.26 Å². The number of nitrogens with one attached hydrogen (secondary N) is 1. The predicted octanol–water partition coefficient (Wildman–Crippen LogP) is 1.34. The Bertz CT molecular complexity index is 676. The fourth-order valence-electron chi connectivity index (χ4n) is 1.97. The van der Waals surface area contributed by atoms with Crippen LogP contribution in [0.5, 0.6) is 0 Å². The van der Waals surface area contributed by atoms with Gasteiger partial charge in [-0.05, 0) is 30.5 Å². The number of likely N-dealkylation sites (N-methyl/N-ethyl adjacent to an activating group) is 1. The highest BCUT2D eigenvalue weighted by molar-refractivity contribution is 7.89. The van der Waals surface area contributed by atoms with Crippen molar-refractivity contribution in [2.75, 3.05) is 14.1 Å². The summed E-state index contributed by atoms with van der Waals surface area (Å²) in [6.07, 6.45) is 0.397. The standard InChI is InChI=1S/C15H21N3O3S/c1-11(2)8-14(15(19)18(3)4)17-22(20,21)13-7-5-6-12(9-13)10-16/h5-7,9,11,14,17H,8H2,1-4H3/t14-/m0/s1. The Morgan fingerprint density at radius 3 is 2.50 bits per heavy atom.